The van der Waals surface area contributed by atoms with Gasteiger partial charge < -0.3 is 21.1 Å². The van der Waals surface area contributed by atoms with Crippen LogP contribution in [0.15, 0.2) is 23.6 Å². The third-order valence-corrected chi connectivity index (χ3v) is 4.89. The van der Waals surface area contributed by atoms with Crippen LogP contribution in [0.3, 0.4) is 0 Å². The van der Waals surface area contributed by atoms with E-state index in [0.717, 1.165) is 0 Å². The summed E-state index contributed by atoms with van der Waals surface area (Å²) in [5.74, 6) is -1.11. The highest BCUT2D eigenvalue weighted by molar-refractivity contribution is 7.14. The fourth-order valence-electron chi connectivity index (χ4n) is 2.64. The molecule has 2 aromatic rings. The predicted octanol–water partition coefficient (Wildman–Crippen LogP) is 2.35. The number of hydrogen-bond acceptors (Lipinski definition) is 6. The Labute approximate surface area is 153 Å². The first-order valence-corrected chi connectivity index (χ1v) is 8.96. The molecule has 3 rings (SSSR count). The zero-order valence-corrected chi connectivity index (χ0v) is 15.0. The number of carbonyl (C=O) groups excluding carboxylic acids is 2. The molecule has 0 radical (unpaired) electrons. The Bertz CT molecular complexity index is 833. The number of amides is 2. The van der Waals surface area contributed by atoms with E-state index in [1.807, 2.05) is 0 Å². The summed E-state index contributed by atoms with van der Waals surface area (Å²) in [4.78, 5) is 27.7. The van der Waals surface area contributed by atoms with Gasteiger partial charge in [-0.25, -0.2) is 9.37 Å². The van der Waals surface area contributed by atoms with Crippen LogP contribution in [-0.2, 0) is 14.3 Å². The number of nitrogens with zero attached hydrogens (tertiary/aromatic N) is 1. The number of ether oxygens (including phenoxy) is 1. The van der Waals surface area contributed by atoms with Gasteiger partial charge in [0, 0.05) is 36.8 Å². The highest BCUT2D eigenvalue weighted by Gasteiger charge is 2.36. The minimum Gasteiger partial charge on any atom is -0.381 e. The van der Waals surface area contributed by atoms with Crippen LogP contribution < -0.4 is 16.4 Å². The van der Waals surface area contributed by atoms with Crippen LogP contribution in [0.2, 0.25) is 0 Å². The number of nitrogens with two attached hydrogens (primary N) is 1. The van der Waals surface area contributed by atoms with E-state index in [0.29, 0.717) is 42.6 Å². The lowest BCUT2D eigenvalue weighted by Gasteiger charge is -2.31. The first-order valence-electron chi connectivity index (χ1n) is 8.08. The van der Waals surface area contributed by atoms with Gasteiger partial charge in [-0.3, -0.25) is 9.59 Å². The van der Waals surface area contributed by atoms with Crippen molar-refractivity contribution in [1.29, 1.82) is 0 Å². The number of rotatable bonds is 4. The smallest absolute Gasteiger partial charge is 0.246 e. The van der Waals surface area contributed by atoms with Crippen molar-refractivity contribution < 1.29 is 18.7 Å². The zero-order valence-electron chi connectivity index (χ0n) is 14.2. The number of anilines is 2. The van der Waals surface area contributed by atoms with Crippen molar-refractivity contribution >= 4 is 34.0 Å². The van der Waals surface area contributed by atoms with E-state index in [1.54, 1.807) is 11.4 Å². The maximum absolute atomic E-state index is 14.3. The van der Waals surface area contributed by atoms with E-state index in [1.165, 1.54) is 30.4 Å². The third-order valence-electron chi connectivity index (χ3n) is 4.13. The molecule has 26 heavy (non-hydrogen) atoms. The molecule has 2 amide bonds. The number of halogens is 1. The second-order valence-electron chi connectivity index (χ2n) is 6.14. The molecule has 1 aliphatic rings. The number of hydrogen-bond donors (Lipinski definition) is 3. The molecular weight excluding hydrogens is 359 g/mol. The normalized spacial score (nSPS) is 16.1. The Morgan fingerprint density at radius 3 is 2.69 bits per heavy atom. The predicted molar refractivity (Wildman–Crippen MR) is 97.4 cm³/mol. The van der Waals surface area contributed by atoms with Gasteiger partial charge >= 0.3 is 0 Å². The first-order chi connectivity index (χ1) is 12.4. The summed E-state index contributed by atoms with van der Waals surface area (Å²) < 4.78 is 19.5. The number of carbonyl (C=O) groups is 2. The molecule has 4 N–H and O–H groups in total. The van der Waals surface area contributed by atoms with Crippen molar-refractivity contribution in [3.05, 3.63) is 29.4 Å². The van der Waals surface area contributed by atoms with Crippen molar-refractivity contribution in [1.82, 2.24) is 4.98 Å². The highest BCUT2D eigenvalue weighted by Crippen LogP contribution is 2.29. The van der Waals surface area contributed by atoms with Crippen molar-refractivity contribution in [2.45, 2.75) is 25.3 Å². The molecule has 0 atom stereocenters. The van der Waals surface area contributed by atoms with E-state index in [9.17, 15) is 14.0 Å². The van der Waals surface area contributed by atoms with E-state index in [4.69, 9.17) is 10.5 Å². The van der Waals surface area contributed by atoms with E-state index in [-0.39, 0.29) is 17.4 Å². The average molecular weight is 378 g/mol. The number of benzene rings is 1. The van der Waals surface area contributed by atoms with E-state index in [2.05, 4.69) is 15.6 Å². The molecule has 0 unspecified atom stereocenters. The van der Waals surface area contributed by atoms with Crippen molar-refractivity contribution in [3.8, 4) is 11.3 Å². The fraction of sp³-hybridized carbons (Fsp3) is 0.353. The third kappa shape index (κ3) is 4.06. The van der Waals surface area contributed by atoms with Crippen LogP contribution in [0.1, 0.15) is 19.8 Å². The molecule has 0 spiro atoms. The van der Waals surface area contributed by atoms with Gasteiger partial charge in [0.05, 0.1) is 5.69 Å². The van der Waals surface area contributed by atoms with Crippen molar-refractivity contribution in [2.24, 2.45) is 5.73 Å². The molecule has 1 saturated heterocycles. The fourth-order valence-corrected chi connectivity index (χ4v) is 3.35. The molecule has 1 aliphatic heterocycles. The molecule has 2 heterocycles. The molecule has 7 nitrogen and oxygen atoms in total. The minimum atomic E-state index is -0.977. The van der Waals surface area contributed by atoms with Crippen LogP contribution in [0.4, 0.5) is 15.2 Å². The Balaban J connectivity index is 1.73. The van der Waals surface area contributed by atoms with Gasteiger partial charge in [0.1, 0.15) is 11.4 Å². The van der Waals surface area contributed by atoms with Crippen LogP contribution in [0.25, 0.3) is 11.3 Å². The lowest BCUT2D eigenvalue weighted by atomic mass is 9.90. The lowest BCUT2D eigenvalue weighted by Crippen LogP contribution is -2.54. The summed E-state index contributed by atoms with van der Waals surface area (Å²) in [7, 11) is 0. The summed E-state index contributed by atoms with van der Waals surface area (Å²) in [6.07, 6.45) is 0.882. The molecule has 0 saturated carbocycles. The number of aromatic nitrogens is 1. The molecule has 9 heteroatoms. The van der Waals surface area contributed by atoms with Crippen LogP contribution >= 0.6 is 11.3 Å². The quantitative estimate of drug-likeness (QED) is 0.757. The molecule has 0 bridgehead atoms. The standard InChI is InChI=1S/C17H19FN4O3S/c1-10(23)20-11-2-3-12(13(18)8-11)14-9-26-16(21-14)22-15(24)17(19)4-6-25-7-5-17/h2-3,8-9H,4-7,19H2,1H3,(H,20,23)(H,21,22,24). The summed E-state index contributed by atoms with van der Waals surface area (Å²) >= 11 is 1.19. The van der Waals surface area contributed by atoms with Crippen LogP contribution in [0.5, 0.6) is 0 Å². The Morgan fingerprint density at radius 1 is 1.31 bits per heavy atom. The molecule has 1 fully saturated rings. The molecule has 138 valence electrons. The second-order valence-corrected chi connectivity index (χ2v) is 6.99. The van der Waals surface area contributed by atoms with E-state index < -0.39 is 11.4 Å². The SMILES string of the molecule is CC(=O)Nc1ccc(-c2csc(NC(=O)C3(N)CCOCC3)n2)c(F)c1. The van der Waals surface area contributed by atoms with Crippen LogP contribution in [-0.4, -0.2) is 35.6 Å². The summed E-state index contributed by atoms with van der Waals surface area (Å²) in [6.45, 7) is 2.24. The van der Waals surface area contributed by atoms with Gasteiger partial charge in [0.2, 0.25) is 11.8 Å². The molecule has 1 aromatic carbocycles. The monoisotopic (exact) mass is 378 g/mol. The van der Waals surface area contributed by atoms with Crippen LogP contribution in [0, 0.1) is 5.82 Å². The highest BCUT2D eigenvalue weighted by atomic mass is 32.1. The topological polar surface area (TPSA) is 106 Å². The number of nitrogens with one attached hydrogen (secondary N) is 2. The summed E-state index contributed by atoms with van der Waals surface area (Å²) in [6, 6.07) is 4.35. The zero-order chi connectivity index (χ0) is 18.7. The maximum Gasteiger partial charge on any atom is 0.246 e. The Hall–Kier alpha value is -2.36. The number of thiazole rings is 1. The van der Waals surface area contributed by atoms with Gasteiger partial charge in [-0.15, -0.1) is 11.3 Å². The Morgan fingerprint density at radius 2 is 2.04 bits per heavy atom. The lowest BCUT2D eigenvalue weighted by molar-refractivity contribution is -0.124. The second kappa shape index (κ2) is 7.48. The average Bonchev–Trinajstić information content (AvgIpc) is 3.03. The summed E-state index contributed by atoms with van der Waals surface area (Å²) in [5.41, 5.74) is 6.21. The molecule has 0 aliphatic carbocycles. The molecular formula is C17H19FN4O3S. The molecule has 1 aromatic heterocycles. The van der Waals surface area contributed by atoms with Gasteiger partial charge in [-0.05, 0) is 31.0 Å². The first kappa shape index (κ1) is 18.4. The maximum atomic E-state index is 14.3. The van der Waals surface area contributed by atoms with Gasteiger partial charge in [-0.2, -0.15) is 0 Å². The van der Waals surface area contributed by atoms with Crippen molar-refractivity contribution in [3.63, 3.8) is 0 Å². The van der Waals surface area contributed by atoms with Crippen molar-refractivity contribution in [2.75, 3.05) is 23.8 Å². The van der Waals surface area contributed by atoms with Gasteiger partial charge in [-0.1, -0.05) is 0 Å². The van der Waals surface area contributed by atoms with E-state index >= 15 is 0 Å². The van der Waals surface area contributed by atoms with Gasteiger partial charge in [0.15, 0.2) is 5.13 Å². The summed E-state index contributed by atoms with van der Waals surface area (Å²) in [5, 5.41) is 7.23. The minimum absolute atomic E-state index is 0.278. The van der Waals surface area contributed by atoms with Gasteiger partial charge in [0.25, 0.3) is 0 Å². The Kier molecular flexibility index (Phi) is 5.30. The largest absolute Gasteiger partial charge is 0.381 e.